The van der Waals surface area contributed by atoms with Gasteiger partial charge in [-0.15, -0.1) is 0 Å². The zero-order valence-corrected chi connectivity index (χ0v) is 12.6. The Hall–Kier alpha value is -2.07. The molecule has 2 aromatic rings. The van der Waals surface area contributed by atoms with Crippen molar-refractivity contribution in [3.05, 3.63) is 53.8 Å². The van der Waals surface area contributed by atoms with Gasteiger partial charge in [0, 0.05) is 18.3 Å². The molecule has 2 aromatic carbocycles. The van der Waals surface area contributed by atoms with Gasteiger partial charge >= 0.3 is 0 Å². The quantitative estimate of drug-likeness (QED) is 0.930. The van der Waals surface area contributed by atoms with E-state index in [1.807, 2.05) is 37.3 Å². The van der Waals surface area contributed by atoms with Crippen LogP contribution in [-0.4, -0.2) is 24.3 Å². The molecule has 3 nitrogen and oxygen atoms in total. The first-order valence-electron chi connectivity index (χ1n) is 7.59. The largest absolute Gasteiger partial charge is 0.454 e. The van der Waals surface area contributed by atoms with Crippen molar-refractivity contribution in [1.29, 1.82) is 0 Å². The van der Waals surface area contributed by atoms with Gasteiger partial charge in [0.05, 0.1) is 12.6 Å². The van der Waals surface area contributed by atoms with Crippen LogP contribution in [0.25, 0.3) is 0 Å². The lowest BCUT2D eigenvalue weighted by Crippen LogP contribution is -2.32. The van der Waals surface area contributed by atoms with Gasteiger partial charge in [-0.25, -0.2) is 4.39 Å². The fraction of sp³-hybridized carbons (Fsp3) is 0.333. The molecule has 0 radical (unpaired) electrons. The molecule has 3 rings (SSSR count). The van der Waals surface area contributed by atoms with Gasteiger partial charge in [-0.2, -0.15) is 0 Å². The van der Waals surface area contributed by atoms with E-state index in [9.17, 15) is 9.50 Å². The summed E-state index contributed by atoms with van der Waals surface area (Å²) in [5, 5.41) is 9.39. The number of para-hydroxylation sites is 1. The third-order valence-electron chi connectivity index (χ3n) is 4.15. The molecule has 0 saturated carbocycles. The Kier molecular flexibility index (Phi) is 4.29. The summed E-state index contributed by atoms with van der Waals surface area (Å²) in [7, 11) is 0. The zero-order valence-electron chi connectivity index (χ0n) is 12.6. The van der Waals surface area contributed by atoms with Gasteiger partial charge < -0.3 is 14.7 Å². The van der Waals surface area contributed by atoms with Crippen LogP contribution in [0.2, 0.25) is 0 Å². The van der Waals surface area contributed by atoms with E-state index in [0.717, 1.165) is 30.6 Å². The first-order valence-corrected chi connectivity index (χ1v) is 7.59. The molecule has 1 saturated heterocycles. The Morgan fingerprint density at radius 1 is 1.23 bits per heavy atom. The van der Waals surface area contributed by atoms with Crippen molar-refractivity contribution < 1.29 is 14.2 Å². The van der Waals surface area contributed by atoms with Crippen LogP contribution < -0.4 is 9.64 Å². The van der Waals surface area contributed by atoms with Gasteiger partial charge in [0.15, 0.2) is 11.6 Å². The van der Waals surface area contributed by atoms with Crippen molar-refractivity contribution in [3.8, 4) is 11.5 Å². The number of benzene rings is 2. The standard InChI is InChI=1S/C18H20FNO2/c1-13-5-2-3-7-17(13)22-18-9-8-14(11-16(18)19)20-10-4-6-15(20)12-21/h2-3,5,7-9,11,15,21H,4,6,10,12H2,1H3/t15-/m0/s1. The van der Waals surface area contributed by atoms with E-state index in [1.165, 1.54) is 6.07 Å². The molecule has 0 bridgehead atoms. The van der Waals surface area contributed by atoms with Gasteiger partial charge in [-0.05, 0) is 43.5 Å². The first kappa shape index (κ1) is 14.9. The van der Waals surface area contributed by atoms with Crippen molar-refractivity contribution in [2.45, 2.75) is 25.8 Å². The molecule has 1 fully saturated rings. The zero-order chi connectivity index (χ0) is 15.5. The van der Waals surface area contributed by atoms with E-state index in [-0.39, 0.29) is 24.2 Å². The van der Waals surface area contributed by atoms with Crippen molar-refractivity contribution >= 4 is 5.69 Å². The van der Waals surface area contributed by atoms with Crippen LogP contribution in [0.4, 0.5) is 10.1 Å². The maximum atomic E-state index is 14.3. The number of aryl methyl sites for hydroxylation is 1. The highest BCUT2D eigenvalue weighted by molar-refractivity contribution is 5.52. The minimum absolute atomic E-state index is 0.0857. The molecule has 0 aromatic heterocycles. The topological polar surface area (TPSA) is 32.7 Å². The van der Waals surface area contributed by atoms with E-state index in [0.29, 0.717) is 5.75 Å². The lowest BCUT2D eigenvalue weighted by molar-refractivity contribution is 0.266. The average molecular weight is 301 g/mol. The summed E-state index contributed by atoms with van der Waals surface area (Å²) in [6.45, 7) is 2.88. The molecule has 1 aliphatic rings. The molecule has 116 valence electrons. The Balaban J connectivity index is 1.82. The Labute approximate surface area is 130 Å². The second kappa shape index (κ2) is 6.36. The van der Waals surface area contributed by atoms with Gasteiger partial charge in [0.25, 0.3) is 0 Å². The number of aliphatic hydroxyl groups excluding tert-OH is 1. The third-order valence-corrected chi connectivity index (χ3v) is 4.15. The van der Waals surface area contributed by atoms with Crippen LogP contribution >= 0.6 is 0 Å². The molecule has 1 atom stereocenters. The number of halogens is 1. The van der Waals surface area contributed by atoms with Gasteiger partial charge in [-0.3, -0.25) is 0 Å². The summed E-state index contributed by atoms with van der Waals surface area (Å²) in [5.41, 5.74) is 1.76. The normalized spacial score (nSPS) is 17.8. The number of hydrogen-bond donors (Lipinski definition) is 1. The highest BCUT2D eigenvalue weighted by atomic mass is 19.1. The fourth-order valence-electron chi connectivity index (χ4n) is 2.91. The molecular weight excluding hydrogens is 281 g/mol. The monoisotopic (exact) mass is 301 g/mol. The van der Waals surface area contributed by atoms with Crippen LogP contribution in [-0.2, 0) is 0 Å². The second-order valence-corrected chi connectivity index (χ2v) is 5.65. The van der Waals surface area contributed by atoms with Crippen LogP contribution in [0.1, 0.15) is 18.4 Å². The number of anilines is 1. The van der Waals surface area contributed by atoms with Crippen LogP contribution in [0.3, 0.4) is 0 Å². The minimum Gasteiger partial charge on any atom is -0.454 e. The van der Waals surface area contributed by atoms with Gasteiger partial charge in [0.2, 0.25) is 0 Å². The molecule has 22 heavy (non-hydrogen) atoms. The number of aliphatic hydroxyl groups is 1. The number of rotatable bonds is 4. The van der Waals surface area contributed by atoms with Crippen molar-refractivity contribution in [1.82, 2.24) is 0 Å². The predicted octanol–water partition coefficient (Wildman–Crippen LogP) is 3.89. The Bertz CT molecular complexity index is 659. The maximum absolute atomic E-state index is 14.3. The molecule has 4 heteroatoms. The lowest BCUT2D eigenvalue weighted by Gasteiger charge is -2.25. The molecule has 0 amide bonds. The molecule has 0 spiro atoms. The average Bonchev–Trinajstić information content (AvgIpc) is 3.00. The summed E-state index contributed by atoms with van der Waals surface area (Å²) in [5.74, 6) is 0.491. The molecule has 1 heterocycles. The summed E-state index contributed by atoms with van der Waals surface area (Å²) in [6.07, 6.45) is 1.97. The summed E-state index contributed by atoms with van der Waals surface area (Å²) >= 11 is 0. The highest BCUT2D eigenvalue weighted by Gasteiger charge is 2.24. The molecule has 1 aliphatic heterocycles. The molecule has 1 N–H and O–H groups in total. The van der Waals surface area contributed by atoms with E-state index in [1.54, 1.807) is 6.07 Å². The van der Waals surface area contributed by atoms with E-state index in [2.05, 4.69) is 4.90 Å². The SMILES string of the molecule is Cc1ccccc1Oc1ccc(N2CCC[C@H]2CO)cc1F. The first-order chi connectivity index (χ1) is 10.7. The lowest BCUT2D eigenvalue weighted by atomic mass is 10.2. The summed E-state index contributed by atoms with van der Waals surface area (Å²) in [4.78, 5) is 2.06. The van der Waals surface area contributed by atoms with Crippen LogP contribution in [0, 0.1) is 12.7 Å². The Morgan fingerprint density at radius 2 is 2.05 bits per heavy atom. The predicted molar refractivity (Wildman–Crippen MR) is 85.1 cm³/mol. The van der Waals surface area contributed by atoms with Crippen molar-refractivity contribution in [2.75, 3.05) is 18.1 Å². The molecule has 0 aliphatic carbocycles. The molecular formula is C18H20FNO2. The number of hydrogen-bond acceptors (Lipinski definition) is 3. The second-order valence-electron chi connectivity index (χ2n) is 5.65. The summed E-state index contributed by atoms with van der Waals surface area (Å²) in [6, 6.07) is 12.6. The number of nitrogens with zero attached hydrogens (tertiary/aromatic N) is 1. The molecule has 0 unspecified atom stereocenters. The van der Waals surface area contributed by atoms with Crippen LogP contribution in [0.5, 0.6) is 11.5 Å². The van der Waals surface area contributed by atoms with Gasteiger partial charge in [-0.1, -0.05) is 18.2 Å². The smallest absolute Gasteiger partial charge is 0.167 e. The fourth-order valence-corrected chi connectivity index (χ4v) is 2.91. The van der Waals surface area contributed by atoms with Crippen molar-refractivity contribution in [2.24, 2.45) is 0 Å². The third kappa shape index (κ3) is 2.92. The van der Waals surface area contributed by atoms with Gasteiger partial charge in [0.1, 0.15) is 5.75 Å². The van der Waals surface area contributed by atoms with E-state index in [4.69, 9.17) is 4.74 Å². The maximum Gasteiger partial charge on any atom is 0.167 e. The van der Waals surface area contributed by atoms with E-state index >= 15 is 0 Å². The van der Waals surface area contributed by atoms with E-state index < -0.39 is 0 Å². The van der Waals surface area contributed by atoms with Crippen molar-refractivity contribution in [3.63, 3.8) is 0 Å². The highest BCUT2D eigenvalue weighted by Crippen LogP contribution is 2.32. The summed E-state index contributed by atoms with van der Waals surface area (Å²) < 4.78 is 20.0. The number of ether oxygens (including phenoxy) is 1. The van der Waals surface area contributed by atoms with Crippen LogP contribution in [0.15, 0.2) is 42.5 Å². The minimum atomic E-state index is -0.385. The Morgan fingerprint density at radius 3 is 2.77 bits per heavy atom.